The second-order valence-electron chi connectivity index (χ2n) is 13.8. The molecule has 2 atom stereocenters. The Morgan fingerprint density at radius 2 is 1.63 bits per heavy atom. The maximum Gasteiger partial charge on any atom is 0.336 e. The van der Waals surface area contributed by atoms with Crippen LogP contribution in [0, 0.1) is 12.8 Å². The van der Waals surface area contributed by atoms with Gasteiger partial charge in [-0.25, -0.2) is 4.79 Å². The molecule has 4 aromatic rings. The predicted molar refractivity (Wildman–Crippen MR) is 211 cm³/mol. The zero-order valence-corrected chi connectivity index (χ0v) is 31.9. The Morgan fingerprint density at radius 1 is 0.904 bits per heavy atom. The Morgan fingerprint density at radius 3 is 2.31 bits per heavy atom. The number of ether oxygens (including phenoxy) is 2. The summed E-state index contributed by atoms with van der Waals surface area (Å²) in [6, 6.07) is 22.5. The van der Waals surface area contributed by atoms with Crippen molar-refractivity contribution in [1.29, 1.82) is 0 Å². The Bertz CT molecular complexity index is 2010. The number of hydrogen-bond donors (Lipinski definition) is 0. The lowest BCUT2D eigenvalue weighted by Gasteiger charge is -2.39. The fraction of sp³-hybridized carbons (Fsp3) is 0.395. The number of rotatable bonds is 11. The smallest absolute Gasteiger partial charge is 0.336 e. The fourth-order valence-corrected chi connectivity index (χ4v) is 8.00. The molecule has 0 bridgehead atoms. The lowest BCUT2D eigenvalue weighted by atomic mass is 9.75. The third-order valence-electron chi connectivity index (χ3n) is 10.4. The monoisotopic (exact) mass is 720 g/mol. The van der Waals surface area contributed by atoms with Crippen LogP contribution in [-0.2, 0) is 38.3 Å². The average molecular weight is 721 g/mol. The highest BCUT2D eigenvalue weighted by atomic mass is 35.5. The quantitative estimate of drug-likeness (QED) is 0.144. The summed E-state index contributed by atoms with van der Waals surface area (Å²) >= 11 is 6.38. The van der Waals surface area contributed by atoms with Crippen molar-refractivity contribution in [3.8, 4) is 0 Å². The van der Waals surface area contributed by atoms with E-state index >= 15 is 0 Å². The maximum atomic E-state index is 13.7. The van der Waals surface area contributed by atoms with E-state index in [0.29, 0.717) is 28.4 Å². The first-order chi connectivity index (χ1) is 25.1. The summed E-state index contributed by atoms with van der Waals surface area (Å²) < 4.78 is 11.0. The number of aliphatic imine (C=N–C) groups is 1. The number of fused-ring (bicyclic) bond motifs is 1. The number of piperazine rings is 1. The van der Waals surface area contributed by atoms with E-state index in [0.717, 1.165) is 67.6 Å². The number of carbonyl (C=O) groups is 2. The van der Waals surface area contributed by atoms with Crippen molar-refractivity contribution in [2.45, 2.75) is 66.2 Å². The number of nitrogens with zero attached hydrogens (tertiary/aromatic N) is 4. The van der Waals surface area contributed by atoms with Crippen molar-refractivity contribution in [3.05, 3.63) is 111 Å². The van der Waals surface area contributed by atoms with E-state index in [2.05, 4.69) is 59.0 Å². The first-order valence-corrected chi connectivity index (χ1v) is 18.8. The molecule has 9 heteroatoms. The molecule has 6 rings (SSSR count). The topological polar surface area (TPSA) is 84.3 Å². The van der Waals surface area contributed by atoms with Gasteiger partial charge in [-0.15, -0.1) is 0 Å². The van der Waals surface area contributed by atoms with Crippen LogP contribution in [0.1, 0.15) is 68.0 Å². The van der Waals surface area contributed by atoms with Gasteiger partial charge in [0.05, 0.1) is 30.5 Å². The number of halogens is 1. The molecule has 0 amide bonds. The van der Waals surface area contributed by atoms with Crippen LogP contribution in [0.3, 0.4) is 0 Å². The van der Waals surface area contributed by atoms with E-state index in [4.69, 9.17) is 26.1 Å². The summed E-state index contributed by atoms with van der Waals surface area (Å²) in [5, 5.41) is 1.89. The number of methoxy groups -OCH3 is 1. The number of aryl methyl sites for hydroxylation is 2. The van der Waals surface area contributed by atoms with Crippen LogP contribution in [0.25, 0.3) is 10.9 Å². The molecule has 1 saturated heterocycles. The number of hydrogen-bond acceptors (Lipinski definition) is 8. The van der Waals surface area contributed by atoms with Gasteiger partial charge in [-0.2, -0.15) is 0 Å². The second-order valence-corrected chi connectivity index (χ2v) is 14.3. The molecule has 2 aliphatic heterocycles. The summed E-state index contributed by atoms with van der Waals surface area (Å²) in [7, 11) is 1.36. The summed E-state index contributed by atoms with van der Waals surface area (Å²) in [6.07, 6.45) is 3.55. The third-order valence-corrected chi connectivity index (χ3v) is 10.6. The molecule has 52 heavy (non-hydrogen) atoms. The highest BCUT2D eigenvalue weighted by Gasteiger charge is 2.42. The van der Waals surface area contributed by atoms with Crippen LogP contribution < -0.4 is 9.80 Å². The Kier molecular flexibility index (Phi) is 11.6. The molecule has 0 N–H and O–H groups in total. The van der Waals surface area contributed by atoms with Gasteiger partial charge in [0, 0.05) is 71.7 Å². The first-order valence-electron chi connectivity index (χ1n) is 18.4. The van der Waals surface area contributed by atoms with Gasteiger partial charge < -0.3 is 19.3 Å². The number of aromatic nitrogens is 1. The SMILES string of the molecule is CCCc1c(CC)nc2cc(Cl)ccc2c1N1CCN(c2ccc(CCOC(=O)C3=C(C)N=C(C)C(C(=O)OC)C3c3cccc(C)c3)cc2)CC1. The molecule has 0 spiro atoms. The van der Waals surface area contributed by atoms with Gasteiger partial charge in [0.25, 0.3) is 0 Å². The molecule has 2 unspecified atom stereocenters. The Labute approximate surface area is 312 Å². The molecule has 1 aromatic heterocycles. The average Bonchev–Trinajstić information content (AvgIpc) is 3.14. The Balaban J connectivity index is 1.11. The number of carbonyl (C=O) groups excluding carboxylic acids is 2. The molecular weight excluding hydrogens is 672 g/mol. The van der Waals surface area contributed by atoms with Crippen molar-refractivity contribution in [2.75, 3.05) is 49.7 Å². The minimum absolute atomic E-state index is 0.213. The van der Waals surface area contributed by atoms with Crippen molar-refractivity contribution in [1.82, 2.24) is 4.98 Å². The molecule has 0 radical (unpaired) electrons. The predicted octanol–water partition coefficient (Wildman–Crippen LogP) is 8.45. The summed E-state index contributed by atoms with van der Waals surface area (Å²) in [6.45, 7) is 13.9. The van der Waals surface area contributed by atoms with E-state index < -0.39 is 23.8 Å². The number of benzene rings is 3. The lowest BCUT2D eigenvalue weighted by Crippen LogP contribution is -2.47. The van der Waals surface area contributed by atoms with Crippen LogP contribution in [0.2, 0.25) is 5.02 Å². The Hall–Kier alpha value is -4.69. The molecule has 8 nitrogen and oxygen atoms in total. The number of pyridine rings is 1. The molecule has 2 aliphatic rings. The normalized spacial score (nSPS) is 17.7. The van der Waals surface area contributed by atoms with E-state index in [-0.39, 0.29) is 6.61 Å². The van der Waals surface area contributed by atoms with Gasteiger partial charge in [-0.3, -0.25) is 14.8 Å². The number of allylic oxidation sites excluding steroid dienone is 1. The van der Waals surface area contributed by atoms with E-state index in [1.807, 2.05) is 50.2 Å². The van der Waals surface area contributed by atoms with E-state index in [1.54, 1.807) is 6.92 Å². The largest absolute Gasteiger partial charge is 0.468 e. The maximum absolute atomic E-state index is 13.7. The fourth-order valence-electron chi connectivity index (χ4n) is 7.84. The van der Waals surface area contributed by atoms with Crippen molar-refractivity contribution >= 4 is 51.5 Å². The van der Waals surface area contributed by atoms with Crippen molar-refractivity contribution in [2.24, 2.45) is 10.9 Å². The summed E-state index contributed by atoms with van der Waals surface area (Å²) in [5.41, 5.74) is 10.6. The van der Waals surface area contributed by atoms with Crippen LogP contribution in [-0.4, -0.2) is 62.5 Å². The minimum Gasteiger partial charge on any atom is -0.468 e. The number of anilines is 2. The highest BCUT2D eigenvalue weighted by Crippen LogP contribution is 2.40. The minimum atomic E-state index is -0.706. The first kappa shape index (κ1) is 37.1. The molecule has 0 aliphatic carbocycles. The zero-order chi connectivity index (χ0) is 36.9. The molecule has 3 aromatic carbocycles. The van der Waals surface area contributed by atoms with Crippen LogP contribution in [0.4, 0.5) is 11.4 Å². The van der Waals surface area contributed by atoms with Gasteiger partial charge in [-0.1, -0.05) is 73.8 Å². The molecule has 1 fully saturated rings. The van der Waals surface area contributed by atoms with Gasteiger partial charge in [0.2, 0.25) is 0 Å². The van der Waals surface area contributed by atoms with Crippen LogP contribution in [0.15, 0.2) is 83.0 Å². The zero-order valence-electron chi connectivity index (χ0n) is 31.2. The standard InChI is InChI=1S/C43H49ClN4O4/c1-7-10-34-36(8-2)46-37-26-32(44)15-18-35(37)41(34)48-22-20-47(21-23-48)33-16-13-30(14-17-33)19-24-52-43(50)39-29(5)45-28(4)38(42(49)51-6)40(39)31-12-9-11-27(3)25-31/h9,11-18,25-26,38,40H,7-8,10,19-24H2,1-6H3. The van der Waals surface area contributed by atoms with Gasteiger partial charge in [0.15, 0.2) is 0 Å². The molecule has 0 saturated carbocycles. The van der Waals surface area contributed by atoms with Crippen molar-refractivity contribution in [3.63, 3.8) is 0 Å². The van der Waals surface area contributed by atoms with E-state index in [9.17, 15) is 9.59 Å². The van der Waals surface area contributed by atoms with Gasteiger partial charge in [-0.05, 0) is 80.6 Å². The molecule has 272 valence electrons. The highest BCUT2D eigenvalue weighted by molar-refractivity contribution is 6.31. The molecular formula is C43H49ClN4O4. The second kappa shape index (κ2) is 16.3. The lowest BCUT2D eigenvalue weighted by molar-refractivity contribution is -0.144. The third kappa shape index (κ3) is 7.73. The molecule has 3 heterocycles. The van der Waals surface area contributed by atoms with E-state index in [1.165, 1.54) is 35.1 Å². The van der Waals surface area contributed by atoms with Crippen LogP contribution >= 0.6 is 11.6 Å². The summed E-state index contributed by atoms with van der Waals surface area (Å²) in [4.78, 5) is 41.2. The number of esters is 2. The van der Waals surface area contributed by atoms with Gasteiger partial charge in [0.1, 0.15) is 5.92 Å². The summed E-state index contributed by atoms with van der Waals surface area (Å²) in [5.74, 6) is -2.13. The van der Waals surface area contributed by atoms with Gasteiger partial charge >= 0.3 is 11.9 Å². The van der Waals surface area contributed by atoms with Crippen LogP contribution in [0.5, 0.6) is 0 Å². The van der Waals surface area contributed by atoms with Crippen molar-refractivity contribution < 1.29 is 19.1 Å².